The van der Waals surface area contributed by atoms with Gasteiger partial charge in [-0.2, -0.15) is 13.2 Å². The van der Waals surface area contributed by atoms with Crippen molar-refractivity contribution in [3.63, 3.8) is 0 Å². The Morgan fingerprint density at radius 1 is 1.08 bits per heavy atom. The van der Waals surface area contributed by atoms with Gasteiger partial charge in [0.2, 0.25) is 5.91 Å². The van der Waals surface area contributed by atoms with Gasteiger partial charge in [0.25, 0.3) is 0 Å². The summed E-state index contributed by atoms with van der Waals surface area (Å²) in [5.74, 6) is -1.99. The molecular weight excluding hydrogens is 379 g/mol. The van der Waals surface area contributed by atoms with E-state index in [0.717, 1.165) is 24.3 Å². The summed E-state index contributed by atoms with van der Waals surface area (Å²) in [4.78, 5) is 11.8. The van der Waals surface area contributed by atoms with Crippen LogP contribution in [0.4, 0.5) is 18.9 Å². The minimum absolute atomic E-state index is 0.0796. The second-order valence-electron chi connectivity index (χ2n) is 5.29. The molecule has 1 N–H and O–H groups in total. The van der Waals surface area contributed by atoms with Crippen molar-refractivity contribution in [3.05, 3.63) is 64.7 Å². The van der Waals surface area contributed by atoms with E-state index in [1.54, 1.807) is 18.2 Å². The Balaban J connectivity index is 1.99. The Kier molecular flexibility index (Phi) is 5.74. The molecule has 0 heterocycles. The van der Waals surface area contributed by atoms with Crippen molar-refractivity contribution in [2.75, 3.05) is 11.1 Å². The van der Waals surface area contributed by atoms with E-state index in [1.165, 1.54) is 6.07 Å². The number of hydrogen-bond donors (Lipinski definition) is 1. The van der Waals surface area contributed by atoms with Crippen molar-refractivity contribution in [1.82, 2.24) is 0 Å². The maximum atomic E-state index is 12.5. The van der Waals surface area contributed by atoms with Crippen LogP contribution in [0.25, 0.3) is 0 Å². The first-order valence-electron chi connectivity index (χ1n) is 6.97. The summed E-state index contributed by atoms with van der Waals surface area (Å²) in [5.41, 5.74) is -0.343. The van der Waals surface area contributed by atoms with Gasteiger partial charge in [-0.15, -0.1) is 0 Å². The lowest BCUT2D eigenvalue weighted by molar-refractivity contribution is -0.137. The Hall–Kier alpha value is -2.06. The minimum Gasteiger partial charge on any atom is -0.325 e. The zero-order valence-electron chi connectivity index (χ0n) is 12.7. The van der Waals surface area contributed by atoms with E-state index >= 15 is 0 Å². The molecule has 0 bridgehead atoms. The van der Waals surface area contributed by atoms with E-state index in [2.05, 4.69) is 5.32 Å². The van der Waals surface area contributed by atoms with Gasteiger partial charge in [0.15, 0.2) is 9.84 Å². The third-order valence-corrected chi connectivity index (χ3v) is 4.83. The fraction of sp³-hybridized carbons (Fsp3) is 0.188. The molecule has 0 saturated carbocycles. The van der Waals surface area contributed by atoms with E-state index in [1.807, 2.05) is 0 Å². The van der Waals surface area contributed by atoms with Crippen LogP contribution in [0.3, 0.4) is 0 Å². The number of alkyl halides is 3. The van der Waals surface area contributed by atoms with Crippen LogP contribution in [-0.2, 0) is 26.6 Å². The van der Waals surface area contributed by atoms with Crippen LogP contribution in [0, 0.1) is 0 Å². The summed E-state index contributed by atoms with van der Waals surface area (Å²) in [5, 5.41) is 2.64. The molecule has 4 nitrogen and oxygen atoms in total. The van der Waals surface area contributed by atoms with E-state index < -0.39 is 33.2 Å². The third-order valence-electron chi connectivity index (χ3n) is 3.12. The van der Waals surface area contributed by atoms with Crippen LogP contribution in [0.5, 0.6) is 0 Å². The SMILES string of the molecule is O=C(CS(=O)(=O)Cc1cccc(Cl)c1)Nc1ccc(C(F)(F)F)cc1. The number of anilines is 1. The average Bonchev–Trinajstić information content (AvgIpc) is 2.45. The first-order valence-corrected chi connectivity index (χ1v) is 9.17. The van der Waals surface area contributed by atoms with Crippen LogP contribution >= 0.6 is 11.6 Å². The first-order chi connectivity index (χ1) is 11.5. The molecule has 0 saturated heterocycles. The fourth-order valence-corrected chi connectivity index (χ4v) is 3.55. The smallest absolute Gasteiger partial charge is 0.325 e. The molecule has 0 atom stereocenters. The molecule has 2 aromatic rings. The molecule has 0 aliphatic rings. The number of hydrogen-bond acceptors (Lipinski definition) is 3. The van der Waals surface area contributed by atoms with E-state index in [9.17, 15) is 26.4 Å². The maximum Gasteiger partial charge on any atom is 0.416 e. The number of rotatable bonds is 5. The molecule has 0 aliphatic carbocycles. The topological polar surface area (TPSA) is 63.2 Å². The number of amides is 1. The summed E-state index contributed by atoms with van der Waals surface area (Å²) in [6, 6.07) is 9.95. The predicted molar refractivity (Wildman–Crippen MR) is 89.0 cm³/mol. The van der Waals surface area contributed by atoms with Crippen molar-refractivity contribution >= 4 is 33.0 Å². The normalized spacial score (nSPS) is 12.0. The number of carbonyl (C=O) groups is 1. The van der Waals surface area contributed by atoms with Crippen LogP contribution in [0.2, 0.25) is 5.02 Å². The molecule has 0 spiro atoms. The molecular formula is C16H13ClF3NO3S. The molecule has 0 unspecified atom stereocenters. The Morgan fingerprint density at radius 2 is 1.72 bits per heavy atom. The summed E-state index contributed by atoms with van der Waals surface area (Å²) in [7, 11) is -3.75. The van der Waals surface area contributed by atoms with Gasteiger partial charge in [-0.25, -0.2) is 8.42 Å². The van der Waals surface area contributed by atoms with Crippen molar-refractivity contribution in [2.24, 2.45) is 0 Å². The van der Waals surface area contributed by atoms with Crippen LogP contribution < -0.4 is 5.32 Å². The molecule has 1 amide bonds. The van der Waals surface area contributed by atoms with Gasteiger partial charge in [0, 0.05) is 10.7 Å². The molecule has 0 aromatic heterocycles. The van der Waals surface area contributed by atoms with Crippen molar-refractivity contribution in [1.29, 1.82) is 0 Å². The van der Waals surface area contributed by atoms with Gasteiger partial charge >= 0.3 is 6.18 Å². The van der Waals surface area contributed by atoms with Crippen LogP contribution in [0.15, 0.2) is 48.5 Å². The Bertz CT molecular complexity index is 865. The Morgan fingerprint density at radius 3 is 2.28 bits per heavy atom. The predicted octanol–water partition coefficient (Wildman–Crippen LogP) is 3.91. The standard InChI is InChI=1S/C16H13ClF3NO3S/c17-13-3-1-2-11(8-13)9-25(23,24)10-15(22)21-14-6-4-12(5-7-14)16(18,19)20/h1-8H,9-10H2,(H,21,22). The van der Waals surface area contributed by atoms with E-state index in [0.29, 0.717) is 10.6 Å². The summed E-state index contributed by atoms with van der Waals surface area (Å²) < 4.78 is 61.5. The highest BCUT2D eigenvalue weighted by atomic mass is 35.5. The van der Waals surface area contributed by atoms with Gasteiger partial charge in [-0.1, -0.05) is 23.7 Å². The molecule has 2 aromatic carbocycles. The van der Waals surface area contributed by atoms with E-state index in [-0.39, 0.29) is 11.4 Å². The lowest BCUT2D eigenvalue weighted by Gasteiger charge is -2.09. The minimum atomic E-state index is -4.48. The summed E-state index contributed by atoms with van der Waals surface area (Å²) >= 11 is 5.78. The molecule has 134 valence electrons. The third kappa shape index (κ3) is 6.06. The zero-order valence-corrected chi connectivity index (χ0v) is 14.3. The average molecular weight is 392 g/mol. The summed E-state index contributed by atoms with van der Waals surface area (Å²) in [6.45, 7) is 0. The molecule has 0 aliphatic heterocycles. The van der Waals surface area contributed by atoms with Gasteiger partial charge in [0.1, 0.15) is 5.75 Å². The second-order valence-corrected chi connectivity index (χ2v) is 7.79. The lowest BCUT2D eigenvalue weighted by atomic mass is 10.2. The second kappa shape index (κ2) is 7.45. The number of benzene rings is 2. The molecule has 0 radical (unpaired) electrons. The number of nitrogens with one attached hydrogen (secondary N) is 1. The molecule has 0 fully saturated rings. The lowest BCUT2D eigenvalue weighted by Crippen LogP contribution is -2.24. The highest BCUT2D eigenvalue weighted by molar-refractivity contribution is 7.91. The van der Waals surface area contributed by atoms with Crippen LogP contribution in [0.1, 0.15) is 11.1 Å². The Labute approximate surface area is 147 Å². The van der Waals surface area contributed by atoms with Gasteiger partial charge in [0.05, 0.1) is 11.3 Å². The van der Waals surface area contributed by atoms with Gasteiger partial charge < -0.3 is 5.32 Å². The van der Waals surface area contributed by atoms with Crippen molar-refractivity contribution < 1.29 is 26.4 Å². The maximum absolute atomic E-state index is 12.5. The molecule has 25 heavy (non-hydrogen) atoms. The number of sulfone groups is 1. The molecule has 9 heteroatoms. The monoisotopic (exact) mass is 391 g/mol. The number of halogens is 4. The van der Waals surface area contributed by atoms with Crippen molar-refractivity contribution in [2.45, 2.75) is 11.9 Å². The highest BCUT2D eigenvalue weighted by Crippen LogP contribution is 2.29. The highest BCUT2D eigenvalue weighted by Gasteiger charge is 2.30. The molecule has 2 rings (SSSR count). The quantitative estimate of drug-likeness (QED) is 0.840. The van der Waals surface area contributed by atoms with Crippen molar-refractivity contribution in [3.8, 4) is 0 Å². The first kappa shape index (κ1) is 19.3. The van der Waals surface area contributed by atoms with Gasteiger partial charge in [-0.3, -0.25) is 4.79 Å². The van der Waals surface area contributed by atoms with E-state index in [4.69, 9.17) is 11.6 Å². The summed E-state index contributed by atoms with van der Waals surface area (Å²) in [6.07, 6.45) is -4.48. The van der Waals surface area contributed by atoms with Gasteiger partial charge in [-0.05, 0) is 42.0 Å². The zero-order chi connectivity index (χ0) is 18.7. The number of carbonyl (C=O) groups excluding carboxylic acids is 1. The van der Waals surface area contributed by atoms with Crippen LogP contribution in [-0.4, -0.2) is 20.1 Å². The fourth-order valence-electron chi connectivity index (χ4n) is 2.07. The largest absolute Gasteiger partial charge is 0.416 e.